The lowest BCUT2D eigenvalue weighted by Crippen LogP contribution is -2.14. The van der Waals surface area contributed by atoms with E-state index in [2.05, 4.69) is 4.90 Å². The number of carbonyl (C=O) groups is 1. The van der Waals surface area contributed by atoms with E-state index in [9.17, 15) is 4.79 Å². The third-order valence-electron chi connectivity index (χ3n) is 1.91. The van der Waals surface area contributed by atoms with Crippen LogP contribution < -0.4 is 0 Å². The molecule has 0 radical (unpaired) electrons. The normalized spacial score (nSPS) is 10.6. The second-order valence-electron chi connectivity index (χ2n) is 3.45. The summed E-state index contributed by atoms with van der Waals surface area (Å²) in [7, 11) is 4.01. The van der Waals surface area contributed by atoms with Gasteiger partial charge in [-0.1, -0.05) is 12.1 Å². The molecule has 0 fully saturated rings. The Balaban J connectivity index is 2.63. The minimum absolute atomic E-state index is 0.390. The zero-order valence-electron chi connectivity index (χ0n) is 8.93. The Labute approximate surface area is 94.1 Å². The number of rotatable bonds is 5. The minimum Gasteiger partial charge on any atom is -0.478 e. The second-order valence-corrected chi connectivity index (χ2v) is 4.59. The van der Waals surface area contributed by atoms with Gasteiger partial charge in [0.2, 0.25) is 0 Å². The molecule has 82 valence electrons. The zero-order chi connectivity index (χ0) is 11.3. The lowest BCUT2D eigenvalue weighted by Gasteiger charge is -2.09. The molecular formula is C11H15NO2S. The molecule has 0 saturated carbocycles. The highest BCUT2D eigenvalue weighted by molar-refractivity contribution is 7.99. The molecule has 0 bridgehead atoms. The maximum Gasteiger partial charge on any atom is 0.336 e. The van der Waals surface area contributed by atoms with Gasteiger partial charge in [-0.05, 0) is 26.2 Å². The van der Waals surface area contributed by atoms with Crippen LogP contribution >= 0.6 is 11.8 Å². The van der Waals surface area contributed by atoms with Crippen molar-refractivity contribution in [2.45, 2.75) is 4.90 Å². The molecule has 1 N–H and O–H groups in total. The van der Waals surface area contributed by atoms with E-state index < -0.39 is 5.97 Å². The Kier molecular flexibility index (Phi) is 4.65. The van der Waals surface area contributed by atoms with E-state index in [0.29, 0.717) is 5.56 Å². The molecule has 0 aliphatic rings. The topological polar surface area (TPSA) is 40.5 Å². The van der Waals surface area contributed by atoms with Crippen LogP contribution in [0.5, 0.6) is 0 Å². The Morgan fingerprint density at radius 2 is 2.07 bits per heavy atom. The molecule has 0 heterocycles. The van der Waals surface area contributed by atoms with Crippen molar-refractivity contribution in [2.24, 2.45) is 0 Å². The van der Waals surface area contributed by atoms with Crippen molar-refractivity contribution in [3.05, 3.63) is 29.8 Å². The number of aromatic carboxylic acids is 1. The van der Waals surface area contributed by atoms with E-state index in [1.807, 2.05) is 26.2 Å². The summed E-state index contributed by atoms with van der Waals surface area (Å²) in [6.45, 7) is 0.943. The fraction of sp³-hybridized carbons (Fsp3) is 0.364. The van der Waals surface area contributed by atoms with Crippen molar-refractivity contribution >= 4 is 17.7 Å². The number of benzene rings is 1. The highest BCUT2D eigenvalue weighted by Gasteiger charge is 2.08. The van der Waals surface area contributed by atoms with E-state index in [1.54, 1.807) is 23.9 Å². The Bertz CT molecular complexity index is 339. The zero-order valence-corrected chi connectivity index (χ0v) is 9.75. The molecule has 0 aromatic heterocycles. The van der Waals surface area contributed by atoms with Gasteiger partial charge in [0.05, 0.1) is 5.56 Å². The molecule has 0 amide bonds. The Hall–Kier alpha value is -1.00. The maximum atomic E-state index is 10.9. The number of hydrogen-bond acceptors (Lipinski definition) is 3. The Morgan fingerprint density at radius 1 is 1.40 bits per heavy atom. The third kappa shape index (κ3) is 3.93. The van der Waals surface area contributed by atoms with Crippen LogP contribution in [0.1, 0.15) is 10.4 Å². The van der Waals surface area contributed by atoms with Crippen molar-refractivity contribution in [3.63, 3.8) is 0 Å². The first-order valence-corrected chi connectivity index (χ1v) is 5.69. The van der Waals surface area contributed by atoms with Gasteiger partial charge in [0.25, 0.3) is 0 Å². The predicted molar refractivity (Wildman–Crippen MR) is 62.7 cm³/mol. The van der Waals surface area contributed by atoms with Gasteiger partial charge >= 0.3 is 5.97 Å². The minimum atomic E-state index is -0.858. The summed E-state index contributed by atoms with van der Waals surface area (Å²) in [5.41, 5.74) is 0.390. The SMILES string of the molecule is CN(C)CCSc1ccccc1C(=O)O. The molecule has 0 unspecified atom stereocenters. The van der Waals surface area contributed by atoms with Crippen molar-refractivity contribution in [1.29, 1.82) is 0 Å². The molecule has 0 saturated heterocycles. The standard InChI is InChI=1S/C11H15NO2S/c1-12(2)7-8-15-10-6-4-3-5-9(10)11(13)14/h3-6H,7-8H2,1-2H3,(H,13,14). The van der Waals surface area contributed by atoms with Crippen LogP contribution in [0.4, 0.5) is 0 Å². The molecule has 0 spiro atoms. The molecule has 0 aliphatic heterocycles. The van der Waals surface area contributed by atoms with Gasteiger partial charge in [-0.25, -0.2) is 4.79 Å². The smallest absolute Gasteiger partial charge is 0.336 e. The van der Waals surface area contributed by atoms with Crippen LogP contribution in [0.2, 0.25) is 0 Å². The van der Waals surface area contributed by atoms with Crippen molar-refractivity contribution in [1.82, 2.24) is 4.90 Å². The van der Waals surface area contributed by atoms with Gasteiger partial charge in [-0.3, -0.25) is 0 Å². The van der Waals surface area contributed by atoms with Crippen molar-refractivity contribution in [3.8, 4) is 0 Å². The van der Waals surface area contributed by atoms with E-state index in [1.165, 1.54) is 0 Å². The molecule has 1 aromatic carbocycles. The van der Waals surface area contributed by atoms with Crippen LogP contribution in [-0.2, 0) is 0 Å². The molecule has 0 atom stereocenters. The molecule has 3 nitrogen and oxygen atoms in total. The van der Waals surface area contributed by atoms with Crippen molar-refractivity contribution < 1.29 is 9.90 Å². The van der Waals surface area contributed by atoms with Gasteiger partial charge in [-0.2, -0.15) is 0 Å². The van der Waals surface area contributed by atoms with Gasteiger partial charge in [-0.15, -0.1) is 11.8 Å². The predicted octanol–water partition coefficient (Wildman–Crippen LogP) is 2.04. The second kappa shape index (κ2) is 5.78. The number of carboxylic acids is 1. The summed E-state index contributed by atoms with van der Waals surface area (Å²) in [5.74, 6) is 0.0417. The quantitative estimate of drug-likeness (QED) is 0.778. The summed E-state index contributed by atoms with van der Waals surface area (Å²) >= 11 is 1.58. The summed E-state index contributed by atoms with van der Waals surface area (Å²) in [6.07, 6.45) is 0. The van der Waals surface area contributed by atoms with Crippen LogP contribution in [0.25, 0.3) is 0 Å². The fourth-order valence-corrected chi connectivity index (χ4v) is 2.27. The molecular weight excluding hydrogens is 210 g/mol. The number of thioether (sulfide) groups is 1. The molecule has 0 aliphatic carbocycles. The summed E-state index contributed by atoms with van der Waals surface area (Å²) < 4.78 is 0. The lowest BCUT2D eigenvalue weighted by molar-refractivity contribution is 0.0693. The van der Waals surface area contributed by atoms with Crippen molar-refractivity contribution in [2.75, 3.05) is 26.4 Å². The van der Waals surface area contributed by atoms with Gasteiger partial charge < -0.3 is 10.0 Å². The average Bonchev–Trinajstić information content (AvgIpc) is 2.17. The summed E-state index contributed by atoms with van der Waals surface area (Å²) in [4.78, 5) is 13.8. The van der Waals surface area contributed by atoms with E-state index in [0.717, 1.165) is 17.2 Å². The first kappa shape index (κ1) is 12.1. The number of carboxylic acid groups (broad SMARTS) is 1. The first-order chi connectivity index (χ1) is 7.11. The number of nitrogens with zero attached hydrogens (tertiary/aromatic N) is 1. The van der Waals surface area contributed by atoms with E-state index >= 15 is 0 Å². The largest absolute Gasteiger partial charge is 0.478 e. The third-order valence-corrected chi connectivity index (χ3v) is 2.97. The highest BCUT2D eigenvalue weighted by atomic mass is 32.2. The molecule has 4 heteroatoms. The fourth-order valence-electron chi connectivity index (χ4n) is 1.11. The average molecular weight is 225 g/mol. The van der Waals surface area contributed by atoms with Gasteiger partial charge in [0, 0.05) is 17.2 Å². The summed E-state index contributed by atoms with van der Waals surface area (Å²) in [5, 5.41) is 8.95. The first-order valence-electron chi connectivity index (χ1n) is 4.71. The van der Waals surface area contributed by atoms with Crippen LogP contribution in [-0.4, -0.2) is 42.4 Å². The molecule has 15 heavy (non-hydrogen) atoms. The molecule has 1 aromatic rings. The van der Waals surface area contributed by atoms with Gasteiger partial charge in [0.1, 0.15) is 0 Å². The van der Waals surface area contributed by atoms with Crippen LogP contribution in [0, 0.1) is 0 Å². The lowest BCUT2D eigenvalue weighted by atomic mass is 10.2. The van der Waals surface area contributed by atoms with Crippen LogP contribution in [0.3, 0.4) is 0 Å². The van der Waals surface area contributed by atoms with Crippen LogP contribution in [0.15, 0.2) is 29.2 Å². The van der Waals surface area contributed by atoms with Gasteiger partial charge in [0.15, 0.2) is 0 Å². The van der Waals surface area contributed by atoms with E-state index in [4.69, 9.17) is 5.11 Å². The maximum absolute atomic E-state index is 10.9. The monoisotopic (exact) mass is 225 g/mol. The highest BCUT2D eigenvalue weighted by Crippen LogP contribution is 2.22. The molecule has 1 rings (SSSR count). The summed E-state index contributed by atoms with van der Waals surface area (Å²) in [6, 6.07) is 7.11. The number of hydrogen-bond donors (Lipinski definition) is 1. The Morgan fingerprint density at radius 3 is 2.67 bits per heavy atom. The van der Waals surface area contributed by atoms with E-state index in [-0.39, 0.29) is 0 Å².